The van der Waals surface area contributed by atoms with E-state index in [9.17, 15) is 4.79 Å². The van der Waals surface area contributed by atoms with E-state index in [1.807, 2.05) is 37.3 Å². The molecule has 2 aromatic rings. The van der Waals surface area contributed by atoms with Crippen molar-refractivity contribution >= 4 is 23.4 Å². The fourth-order valence-electron chi connectivity index (χ4n) is 1.67. The second-order valence-electron chi connectivity index (χ2n) is 4.09. The van der Waals surface area contributed by atoms with Gasteiger partial charge in [-0.05, 0) is 30.7 Å². The first-order chi connectivity index (χ1) is 9.15. The summed E-state index contributed by atoms with van der Waals surface area (Å²) in [5.41, 5.74) is 1.56. The molecule has 2 aromatic carbocycles. The third kappa shape index (κ3) is 4.00. The van der Waals surface area contributed by atoms with Crippen molar-refractivity contribution in [2.24, 2.45) is 0 Å². The fraction of sp³-hybridized carbons (Fsp3) is 0.133. The molecule has 0 saturated carbocycles. The highest BCUT2D eigenvalue weighted by atomic mass is 35.5. The van der Waals surface area contributed by atoms with Gasteiger partial charge in [-0.25, -0.2) is 4.79 Å². The molecule has 0 heterocycles. The first-order valence-electron chi connectivity index (χ1n) is 5.93. The molecule has 1 N–H and O–H groups in total. The first-order valence-corrected chi connectivity index (χ1v) is 6.31. The maximum Gasteiger partial charge on any atom is 0.412 e. The van der Waals surface area contributed by atoms with Crippen LogP contribution in [-0.4, -0.2) is 6.09 Å². The van der Waals surface area contributed by atoms with Gasteiger partial charge >= 0.3 is 6.09 Å². The molecule has 98 valence electrons. The van der Waals surface area contributed by atoms with Crippen LogP contribution in [0.4, 0.5) is 10.5 Å². The molecular weight excluding hydrogens is 262 g/mol. The van der Waals surface area contributed by atoms with Crippen molar-refractivity contribution in [3.05, 3.63) is 65.2 Å². The Morgan fingerprint density at radius 2 is 1.89 bits per heavy atom. The minimum absolute atomic E-state index is 0.305. The predicted octanol–water partition coefficient (Wildman–Crippen LogP) is 4.65. The van der Waals surface area contributed by atoms with E-state index >= 15 is 0 Å². The van der Waals surface area contributed by atoms with Crippen LogP contribution in [0.15, 0.2) is 54.6 Å². The molecule has 3 nitrogen and oxygen atoms in total. The molecule has 0 aliphatic rings. The predicted molar refractivity (Wildman–Crippen MR) is 76.4 cm³/mol. The molecule has 0 aliphatic heterocycles. The Morgan fingerprint density at radius 3 is 2.58 bits per heavy atom. The number of anilines is 1. The summed E-state index contributed by atoms with van der Waals surface area (Å²) < 4.78 is 5.29. The number of hydrogen-bond acceptors (Lipinski definition) is 2. The van der Waals surface area contributed by atoms with Crippen LogP contribution in [0.3, 0.4) is 0 Å². The zero-order chi connectivity index (χ0) is 13.7. The lowest BCUT2D eigenvalue weighted by Gasteiger charge is -2.14. The van der Waals surface area contributed by atoms with Crippen molar-refractivity contribution in [3.63, 3.8) is 0 Å². The lowest BCUT2D eigenvalue weighted by atomic mass is 10.1. The molecular formula is C15H14ClNO2. The molecule has 4 heteroatoms. The quantitative estimate of drug-likeness (QED) is 0.885. The van der Waals surface area contributed by atoms with Gasteiger partial charge in [-0.3, -0.25) is 5.32 Å². The minimum Gasteiger partial charge on any atom is -0.441 e. The summed E-state index contributed by atoms with van der Waals surface area (Å²) in [6.07, 6.45) is -0.806. The summed E-state index contributed by atoms with van der Waals surface area (Å²) in [5.74, 6) is 0. The summed E-state index contributed by atoms with van der Waals surface area (Å²) in [6, 6.07) is 16.5. The number of carbonyl (C=O) groups excluding carboxylic acids is 1. The van der Waals surface area contributed by atoms with E-state index < -0.39 is 6.09 Å². The van der Waals surface area contributed by atoms with Gasteiger partial charge in [0.15, 0.2) is 0 Å². The Bertz CT molecular complexity index is 557. The minimum atomic E-state index is -0.501. The van der Waals surface area contributed by atoms with Gasteiger partial charge in [-0.2, -0.15) is 0 Å². The van der Waals surface area contributed by atoms with Gasteiger partial charge in [-0.15, -0.1) is 0 Å². The Morgan fingerprint density at radius 1 is 1.16 bits per heavy atom. The molecule has 1 amide bonds. The van der Waals surface area contributed by atoms with Gasteiger partial charge in [-0.1, -0.05) is 48.0 Å². The van der Waals surface area contributed by atoms with Gasteiger partial charge < -0.3 is 4.74 Å². The zero-order valence-corrected chi connectivity index (χ0v) is 11.2. The van der Waals surface area contributed by atoms with Crippen LogP contribution in [0.25, 0.3) is 0 Å². The monoisotopic (exact) mass is 275 g/mol. The second kappa shape index (κ2) is 6.25. The zero-order valence-electron chi connectivity index (χ0n) is 10.5. The topological polar surface area (TPSA) is 38.3 Å². The lowest BCUT2D eigenvalue weighted by molar-refractivity contribution is 0.121. The van der Waals surface area contributed by atoms with E-state index in [1.165, 1.54) is 0 Å². The van der Waals surface area contributed by atoms with Crippen LogP contribution in [-0.2, 0) is 4.74 Å². The van der Waals surface area contributed by atoms with Crippen LogP contribution >= 0.6 is 11.6 Å². The number of benzene rings is 2. The van der Waals surface area contributed by atoms with Gasteiger partial charge in [0.05, 0.1) is 0 Å². The number of hydrogen-bond donors (Lipinski definition) is 1. The Hall–Kier alpha value is -2.00. The number of rotatable bonds is 3. The van der Waals surface area contributed by atoms with Crippen molar-refractivity contribution in [1.82, 2.24) is 0 Å². The summed E-state index contributed by atoms with van der Waals surface area (Å²) in [4.78, 5) is 11.7. The third-order valence-corrected chi connectivity index (χ3v) is 2.86. The standard InChI is InChI=1S/C15H14ClNO2/c1-11(12-6-3-2-4-7-12)19-15(18)17-14-9-5-8-13(16)10-14/h2-11H,1H3,(H,17,18)/t11-/m0/s1. The molecule has 19 heavy (non-hydrogen) atoms. The highest BCUT2D eigenvalue weighted by Gasteiger charge is 2.11. The van der Waals surface area contributed by atoms with E-state index in [0.717, 1.165) is 5.56 Å². The summed E-state index contributed by atoms with van der Waals surface area (Å²) in [5, 5.41) is 3.20. The third-order valence-electron chi connectivity index (χ3n) is 2.62. The normalized spacial score (nSPS) is 11.7. The van der Waals surface area contributed by atoms with Gasteiger partial charge in [0, 0.05) is 10.7 Å². The van der Waals surface area contributed by atoms with Crippen LogP contribution in [0, 0.1) is 0 Å². The van der Waals surface area contributed by atoms with Crippen molar-refractivity contribution in [2.75, 3.05) is 5.32 Å². The Labute approximate surface area is 117 Å². The number of nitrogens with one attached hydrogen (secondary N) is 1. The summed E-state index contributed by atoms with van der Waals surface area (Å²) in [7, 11) is 0. The molecule has 0 unspecified atom stereocenters. The average molecular weight is 276 g/mol. The molecule has 0 aromatic heterocycles. The molecule has 0 aliphatic carbocycles. The van der Waals surface area contributed by atoms with Gasteiger partial charge in [0.1, 0.15) is 6.10 Å². The van der Waals surface area contributed by atoms with Crippen molar-refractivity contribution in [1.29, 1.82) is 0 Å². The van der Waals surface area contributed by atoms with Gasteiger partial charge in [0.2, 0.25) is 0 Å². The first kappa shape index (κ1) is 13.4. The number of halogens is 1. The van der Waals surface area contributed by atoms with Crippen LogP contribution in [0.1, 0.15) is 18.6 Å². The van der Waals surface area contributed by atoms with Crippen LogP contribution < -0.4 is 5.32 Å². The highest BCUT2D eigenvalue weighted by Crippen LogP contribution is 2.18. The second-order valence-corrected chi connectivity index (χ2v) is 4.53. The highest BCUT2D eigenvalue weighted by molar-refractivity contribution is 6.30. The fourth-order valence-corrected chi connectivity index (χ4v) is 1.86. The van der Waals surface area contributed by atoms with Crippen LogP contribution in [0.5, 0.6) is 0 Å². The smallest absolute Gasteiger partial charge is 0.412 e. The summed E-state index contributed by atoms with van der Waals surface area (Å²) in [6.45, 7) is 1.83. The molecule has 0 saturated heterocycles. The molecule has 0 spiro atoms. The van der Waals surface area contributed by atoms with Crippen molar-refractivity contribution in [3.8, 4) is 0 Å². The van der Waals surface area contributed by atoms with Crippen molar-refractivity contribution in [2.45, 2.75) is 13.0 Å². The Balaban J connectivity index is 1.95. The molecule has 0 radical (unpaired) electrons. The molecule has 0 fully saturated rings. The van der Waals surface area contributed by atoms with E-state index in [1.54, 1.807) is 24.3 Å². The summed E-state index contributed by atoms with van der Waals surface area (Å²) >= 11 is 5.84. The lowest BCUT2D eigenvalue weighted by Crippen LogP contribution is -2.15. The maximum atomic E-state index is 11.7. The molecule has 2 rings (SSSR count). The average Bonchev–Trinajstić information content (AvgIpc) is 2.39. The van der Waals surface area contributed by atoms with E-state index in [2.05, 4.69) is 5.32 Å². The van der Waals surface area contributed by atoms with Crippen molar-refractivity contribution < 1.29 is 9.53 Å². The molecule has 0 bridgehead atoms. The SMILES string of the molecule is C[C@H](OC(=O)Nc1cccc(Cl)c1)c1ccccc1. The molecule has 1 atom stereocenters. The Kier molecular flexibility index (Phi) is 4.42. The number of carbonyl (C=O) groups is 1. The number of amides is 1. The van der Waals surface area contributed by atoms with Gasteiger partial charge in [0.25, 0.3) is 0 Å². The van der Waals surface area contributed by atoms with Crippen LogP contribution in [0.2, 0.25) is 5.02 Å². The number of ether oxygens (including phenoxy) is 1. The van der Waals surface area contributed by atoms with E-state index in [4.69, 9.17) is 16.3 Å². The van der Waals surface area contributed by atoms with E-state index in [0.29, 0.717) is 10.7 Å². The maximum absolute atomic E-state index is 11.7. The largest absolute Gasteiger partial charge is 0.441 e. The van der Waals surface area contributed by atoms with E-state index in [-0.39, 0.29) is 6.10 Å².